The molecule has 0 aromatic rings. The van der Waals surface area contributed by atoms with Crippen molar-refractivity contribution in [2.45, 2.75) is 33.1 Å². The highest BCUT2D eigenvalue weighted by Crippen LogP contribution is 2.31. The van der Waals surface area contributed by atoms with Crippen LogP contribution in [0.4, 0.5) is 0 Å². The van der Waals surface area contributed by atoms with Gasteiger partial charge in [-0.1, -0.05) is 19.9 Å². The minimum atomic E-state index is -0.232. The Labute approximate surface area is 90.5 Å². The summed E-state index contributed by atoms with van der Waals surface area (Å²) in [6.07, 6.45) is 3.66. The Hall–Kier alpha value is -1.12. The topological polar surface area (TPSA) is 43.4 Å². The van der Waals surface area contributed by atoms with Crippen LogP contribution in [0.3, 0.4) is 0 Å². The summed E-state index contributed by atoms with van der Waals surface area (Å²) in [4.78, 5) is 22.7. The second-order valence-electron chi connectivity index (χ2n) is 4.31. The van der Waals surface area contributed by atoms with Crippen molar-refractivity contribution in [1.82, 2.24) is 0 Å². The third kappa shape index (κ3) is 3.18. The average Bonchev–Trinajstić information content (AvgIpc) is 2.49. The van der Waals surface area contributed by atoms with E-state index in [1.165, 1.54) is 7.11 Å². The van der Waals surface area contributed by atoms with Gasteiger partial charge in [0.15, 0.2) is 5.78 Å². The number of Topliss-reactive ketones (excluding diaryl/α,β-unsaturated/α-hetero) is 1. The van der Waals surface area contributed by atoms with Crippen LogP contribution in [0.15, 0.2) is 11.6 Å². The van der Waals surface area contributed by atoms with Gasteiger partial charge in [0, 0.05) is 6.42 Å². The second kappa shape index (κ2) is 5.10. The van der Waals surface area contributed by atoms with E-state index in [9.17, 15) is 9.59 Å². The van der Waals surface area contributed by atoms with Crippen LogP contribution in [0, 0.1) is 11.8 Å². The van der Waals surface area contributed by atoms with Crippen LogP contribution in [-0.4, -0.2) is 18.9 Å². The lowest BCUT2D eigenvalue weighted by molar-refractivity contribution is -0.141. The van der Waals surface area contributed by atoms with Crippen molar-refractivity contribution in [1.29, 1.82) is 0 Å². The Morgan fingerprint density at radius 2 is 2.27 bits per heavy atom. The second-order valence-corrected chi connectivity index (χ2v) is 4.31. The van der Waals surface area contributed by atoms with Crippen LogP contribution in [0.2, 0.25) is 0 Å². The van der Waals surface area contributed by atoms with Gasteiger partial charge in [0.05, 0.1) is 13.5 Å². The third-order valence-electron chi connectivity index (χ3n) is 2.64. The van der Waals surface area contributed by atoms with Gasteiger partial charge in [-0.15, -0.1) is 0 Å². The summed E-state index contributed by atoms with van der Waals surface area (Å²) in [6.45, 7) is 4.07. The minimum absolute atomic E-state index is 0.0762. The van der Waals surface area contributed by atoms with E-state index in [1.807, 2.05) is 19.9 Å². The summed E-state index contributed by atoms with van der Waals surface area (Å²) < 4.78 is 4.62. The van der Waals surface area contributed by atoms with Gasteiger partial charge in [0.25, 0.3) is 0 Å². The van der Waals surface area contributed by atoms with E-state index < -0.39 is 0 Å². The molecule has 0 radical (unpaired) electrons. The number of carbonyl (C=O) groups excluding carboxylic acids is 2. The largest absolute Gasteiger partial charge is 0.469 e. The van der Waals surface area contributed by atoms with E-state index in [1.54, 1.807) is 0 Å². The number of rotatable bonds is 3. The maximum absolute atomic E-state index is 11.6. The molecule has 3 heteroatoms. The summed E-state index contributed by atoms with van der Waals surface area (Å²) in [5, 5.41) is 0. The van der Waals surface area contributed by atoms with Crippen molar-refractivity contribution in [3.63, 3.8) is 0 Å². The molecule has 0 N–H and O–H groups in total. The highest BCUT2D eigenvalue weighted by molar-refractivity contribution is 5.98. The molecule has 15 heavy (non-hydrogen) atoms. The Morgan fingerprint density at radius 3 is 2.80 bits per heavy atom. The molecule has 1 atom stereocenters. The molecule has 1 unspecified atom stereocenters. The van der Waals surface area contributed by atoms with Gasteiger partial charge in [-0.05, 0) is 23.8 Å². The fourth-order valence-corrected chi connectivity index (χ4v) is 1.92. The Bertz CT molecular complexity index is 289. The van der Waals surface area contributed by atoms with Crippen molar-refractivity contribution in [3.8, 4) is 0 Å². The number of methoxy groups -OCH3 is 1. The average molecular weight is 210 g/mol. The zero-order valence-corrected chi connectivity index (χ0v) is 9.58. The summed E-state index contributed by atoms with van der Waals surface area (Å²) in [5.41, 5.74) is 0.829. The number of allylic oxidation sites excluding steroid dienone is 2. The normalized spacial score (nSPS) is 23.9. The molecule has 1 aliphatic carbocycles. The quantitative estimate of drug-likeness (QED) is 0.529. The predicted octanol–water partition coefficient (Wildman–Crippen LogP) is 2.11. The van der Waals surface area contributed by atoms with Gasteiger partial charge in [-0.2, -0.15) is 0 Å². The standard InChI is InChI=1S/C12H18O3/c1-8(2)6-10-9(4-5-11(10)13)7-12(14)15-3/h6,8-9H,4-5,7H2,1-3H3. The summed E-state index contributed by atoms with van der Waals surface area (Å²) >= 11 is 0. The van der Waals surface area contributed by atoms with Gasteiger partial charge in [-0.25, -0.2) is 0 Å². The molecular weight excluding hydrogens is 192 g/mol. The lowest BCUT2D eigenvalue weighted by atomic mass is 9.96. The van der Waals surface area contributed by atoms with Crippen molar-refractivity contribution in [3.05, 3.63) is 11.6 Å². The number of hydrogen-bond donors (Lipinski definition) is 0. The molecule has 1 saturated carbocycles. The zero-order chi connectivity index (χ0) is 11.4. The predicted molar refractivity (Wildman–Crippen MR) is 57.3 cm³/mol. The SMILES string of the molecule is COC(=O)CC1CCC(=O)C1=CC(C)C. The lowest BCUT2D eigenvalue weighted by Gasteiger charge is -2.10. The van der Waals surface area contributed by atoms with Crippen molar-refractivity contribution >= 4 is 11.8 Å². The van der Waals surface area contributed by atoms with Gasteiger partial charge in [0.1, 0.15) is 0 Å². The molecule has 0 heterocycles. The van der Waals surface area contributed by atoms with Crippen LogP contribution >= 0.6 is 0 Å². The molecule has 0 aliphatic heterocycles. The van der Waals surface area contributed by atoms with Gasteiger partial charge >= 0.3 is 5.97 Å². The zero-order valence-electron chi connectivity index (χ0n) is 9.58. The first kappa shape index (κ1) is 12.0. The molecule has 0 aromatic carbocycles. The number of esters is 1. The Morgan fingerprint density at radius 1 is 1.60 bits per heavy atom. The van der Waals surface area contributed by atoms with Crippen LogP contribution < -0.4 is 0 Å². The Kier molecular flexibility index (Phi) is 4.06. The van der Waals surface area contributed by atoms with Crippen LogP contribution in [0.25, 0.3) is 0 Å². The number of hydrogen-bond acceptors (Lipinski definition) is 3. The maximum Gasteiger partial charge on any atom is 0.306 e. The van der Waals surface area contributed by atoms with Gasteiger partial charge in [-0.3, -0.25) is 9.59 Å². The highest BCUT2D eigenvalue weighted by Gasteiger charge is 2.30. The molecule has 84 valence electrons. The van der Waals surface area contributed by atoms with Crippen molar-refractivity contribution in [2.75, 3.05) is 7.11 Å². The van der Waals surface area contributed by atoms with Crippen LogP contribution in [0.1, 0.15) is 33.1 Å². The monoisotopic (exact) mass is 210 g/mol. The molecule has 1 rings (SSSR count). The first-order valence-electron chi connectivity index (χ1n) is 5.36. The van der Waals surface area contributed by atoms with Crippen molar-refractivity contribution in [2.24, 2.45) is 11.8 Å². The first-order valence-corrected chi connectivity index (χ1v) is 5.36. The van der Waals surface area contributed by atoms with Gasteiger partial charge < -0.3 is 4.74 Å². The molecule has 0 saturated heterocycles. The van der Waals surface area contributed by atoms with Crippen molar-refractivity contribution < 1.29 is 14.3 Å². The van der Waals surface area contributed by atoms with Crippen LogP contribution in [0.5, 0.6) is 0 Å². The smallest absolute Gasteiger partial charge is 0.306 e. The van der Waals surface area contributed by atoms with Crippen LogP contribution in [-0.2, 0) is 14.3 Å². The lowest BCUT2D eigenvalue weighted by Crippen LogP contribution is -2.10. The number of ether oxygens (including phenoxy) is 1. The highest BCUT2D eigenvalue weighted by atomic mass is 16.5. The van der Waals surface area contributed by atoms with E-state index >= 15 is 0 Å². The molecular formula is C12H18O3. The first-order chi connectivity index (χ1) is 7.04. The molecule has 0 spiro atoms. The molecule has 1 aliphatic rings. The third-order valence-corrected chi connectivity index (χ3v) is 2.64. The minimum Gasteiger partial charge on any atom is -0.469 e. The van der Waals surface area contributed by atoms with E-state index in [0.29, 0.717) is 18.8 Å². The maximum atomic E-state index is 11.6. The molecule has 0 aromatic heterocycles. The van der Waals surface area contributed by atoms with E-state index in [4.69, 9.17) is 0 Å². The Balaban J connectivity index is 2.72. The summed E-state index contributed by atoms with van der Waals surface area (Å²) in [6, 6.07) is 0. The molecule has 1 fully saturated rings. The molecule has 0 amide bonds. The summed E-state index contributed by atoms with van der Waals surface area (Å²) in [5.74, 6) is 0.386. The fourth-order valence-electron chi connectivity index (χ4n) is 1.92. The van der Waals surface area contributed by atoms with E-state index in [0.717, 1.165) is 12.0 Å². The van der Waals surface area contributed by atoms with Gasteiger partial charge in [0.2, 0.25) is 0 Å². The molecule has 0 bridgehead atoms. The molecule has 3 nitrogen and oxygen atoms in total. The fraction of sp³-hybridized carbons (Fsp3) is 0.667. The van der Waals surface area contributed by atoms with E-state index in [2.05, 4.69) is 4.74 Å². The number of ketones is 1. The van der Waals surface area contributed by atoms with E-state index in [-0.39, 0.29) is 17.7 Å². The summed E-state index contributed by atoms with van der Waals surface area (Å²) in [7, 11) is 1.38. The number of carbonyl (C=O) groups is 2.